The van der Waals surface area contributed by atoms with E-state index in [2.05, 4.69) is 23.6 Å². The van der Waals surface area contributed by atoms with Crippen molar-refractivity contribution in [3.8, 4) is 0 Å². The fraction of sp³-hybridized carbons (Fsp3) is 0.929. The Morgan fingerprint density at radius 3 is 2.44 bits per heavy atom. The van der Waals surface area contributed by atoms with Gasteiger partial charge in [-0.05, 0) is 18.3 Å². The van der Waals surface area contributed by atoms with Gasteiger partial charge in [0, 0.05) is 32.2 Å². The molecule has 0 bridgehead atoms. The van der Waals surface area contributed by atoms with E-state index in [9.17, 15) is 4.79 Å². The third kappa shape index (κ3) is 3.23. The summed E-state index contributed by atoms with van der Waals surface area (Å²) in [6, 6.07) is 0.723. The number of piperazine rings is 1. The van der Waals surface area contributed by atoms with Crippen molar-refractivity contribution >= 4 is 5.97 Å². The van der Waals surface area contributed by atoms with Crippen molar-refractivity contribution < 1.29 is 9.90 Å². The Kier molecular flexibility index (Phi) is 4.62. The summed E-state index contributed by atoms with van der Waals surface area (Å²) < 4.78 is 0. The average Bonchev–Trinajstić information content (AvgIpc) is 2.33. The fourth-order valence-corrected chi connectivity index (χ4v) is 3.51. The van der Waals surface area contributed by atoms with Crippen molar-refractivity contribution in [2.75, 3.05) is 32.7 Å². The van der Waals surface area contributed by atoms with Crippen molar-refractivity contribution in [2.24, 2.45) is 11.8 Å². The monoisotopic (exact) mass is 254 g/mol. The predicted octanol–water partition coefficient (Wildman–Crippen LogP) is 1.51. The number of nitrogens with zero attached hydrogens (tertiary/aromatic N) is 2. The van der Waals surface area contributed by atoms with Crippen molar-refractivity contribution in [1.29, 1.82) is 0 Å². The number of aliphatic carboxylic acids is 1. The van der Waals surface area contributed by atoms with Crippen LogP contribution in [0.1, 0.15) is 33.1 Å². The summed E-state index contributed by atoms with van der Waals surface area (Å²) in [6.45, 7) is 8.85. The zero-order valence-corrected chi connectivity index (χ0v) is 11.6. The summed E-state index contributed by atoms with van der Waals surface area (Å²) in [5.74, 6) is 0.911. The normalized spacial score (nSPS) is 35.6. The number of hydrogen-bond acceptors (Lipinski definition) is 3. The molecular formula is C14H26N2O2. The molecule has 1 aliphatic carbocycles. The van der Waals surface area contributed by atoms with Crippen molar-refractivity contribution in [1.82, 2.24) is 9.80 Å². The molecule has 0 radical (unpaired) electrons. The Bertz CT molecular complexity index is 288. The number of carboxylic acid groups (broad SMARTS) is 1. The molecule has 1 saturated carbocycles. The van der Waals surface area contributed by atoms with Gasteiger partial charge < -0.3 is 5.11 Å². The molecule has 1 aliphatic heterocycles. The molecule has 0 spiro atoms. The smallest absolute Gasteiger partial charge is 0.317 e. The number of hydrogen-bond donors (Lipinski definition) is 1. The first-order valence-electron chi connectivity index (χ1n) is 7.26. The quantitative estimate of drug-likeness (QED) is 0.829. The maximum absolute atomic E-state index is 10.7. The molecular weight excluding hydrogens is 228 g/mol. The first kappa shape index (κ1) is 13.8. The van der Waals surface area contributed by atoms with Gasteiger partial charge in [-0.1, -0.05) is 26.7 Å². The molecule has 0 amide bonds. The van der Waals surface area contributed by atoms with Gasteiger partial charge in [0.2, 0.25) is 0 Å². The van der Waals surface area contributed by atoms with Crippen molar-refractivity contribution in [3.63, 3.8) is 0 Å². The average molecular weight is 254 g/mol. The highest BCUT2D eigenvalue weighted by Gasteiger charge is 2.33. The minimum Gasteiger partial charge on any atom is -0.480 e. The lowest BCUT2D eigenvalue weighted by Crippen LogP contribution is -2.54. The molecule has 2 rings (SSSR count). The van der Waals surface area contributed by atoms with Crippen LogP contribution < -0.4 is 0 Å². The molecule has 0 aromatic carbocycles. The van der Waals surface area contributed by atoms with E-state index in [0.29, 0.717) is 0 Å². The van der Waals surface area contributed by atoms with E-state index < -0.39 is 5.97 Å². The van der Waals surface area contributed by atoms with Crippen LogP contribution in [0, 0.1) is 11.8 Å². The highest BCUT2D eigenvalue weighted by atomic mass is 16.4. The Morgan fingerprint density at radius 1 is 1.17 bits per heavy atom. The van der Waals surface area contributed by atoms with E-state index in [1.807, 2.05) is 0 Å². The second-order valence-corrected chi connectivity index (χ2v) is 6.04. The van der Waals surface area contributed by atoms with Gasteiger partial charge in [-0.3, -0.25) is 14.6 Å². The second-order valence-electron chi connectivity index (χ2n) is 6.04. The van der Waals surface area contributed by atoms with Gasteiger partial charge >= 0.3 is 5.97 Å². The van der Waals surface area contributed by atoms with Gasteiger partial charge in [0.15, 0.2) is 0 Å². The van der Waals surface area contributed by atoms with E-state index in [0.717, 1.165) is 44.1 Å². The van der Waals surface area contributed by atoms with Crippen LogP contribution in [-0.2, 0) is 4.79 Å². The van der Waals surface area contributed by atoms with E-state index in [4.69, 9.17) is 5.11 Å². The summed E-state index contributed by atoms with van der Waals surface area (Å²) in [5.41, 5.74) is 0. The van der Waals surface area contributed by atoms with Crippen LogP contribution in [0.15, 0.2) is 0 Å². The van der Waals surface area contributed by atoms with Gasteiger partial charge in [-0.2, -0.15) is 0 Å². The Balaban J connectivity index is 1.83. The van der Waals surface area contributed by atoms with Crippen LogP contribution in [0.5, 0.6) is 0 Å². The molecule has 0 aromatic heterocycles. The van der Waals surface area contributed by atoms with E-state index in [-0.39, 0.29) is 6.54 Å². The van der Waals surface area contributed by atoms with Crippen molar-refractivity contribution in [3.05, 3.63) is 0 Å². The highest BCUT2D eigenvalue weighted by molar-refractivity contribution is 5.69. The van der Waals surface area contributed by atoms with E-state index >= 15 is 0 Å². The van der Waals surface area contributed by atoms with Crippen LogP contribution in [0.4, 0.5) is 0 Å². The molecule has 1 heterocycles. The maximum atomic E-state index is 10.7. The van der Waals surface area contributed by atoms with Crippen LogP contribution >= 0.6 is 0 Å². The van der Waals surface area contributed by atoms with Crippen LogP contribution in [-0.4, -0.2) is 59.6 Å². The summed E-state index contributed by atoms with van der Waals surface area (Å²) >= 11 is 0. The van der Waals surface area contributed by atoms with E-state index in [1.165, 1.54) is 19.3 Å². The number of carboxylic acids is 1. The summed E-state index contributed by atoms with van der Waals surface area (Å²) in [5, 5.41) is 8.80. The molecule has 2 aliphatic rings. The molecule has 3 atom stereocenters. The minimum atomic E-state index is -0.705. The molecule has 0 aromatic rings. The molecule has 4 nitrogen and oxygen atoms in total. The second kappa shape index (κ2) is 6.02. The lowest BCUT2D eigenvalue weighted by molar-refractivity contribution is -0.138. The van der Waals surface area contributed by atoms with Gasteiger partial charge in [0.1, 0.15) is 0 Å². The predicted molar refractivity (Wildman–Crippen MR) is 71.6 cm³/mol. The molecule has 4 heteroatoms. The topological polar surface area (TPSA) is 43.8 Å². The maximum Gasteiger partial charge on any atom is 0.317 e. The summed E-state index contributed by atoms with van der Waals surface area (Å²) in [7, 11) is 0. The molecule has 18 heavy (non-hydrogen) atoms. The van der Waals surface area contributed by atoms with E-state index in [1.54, 1.807) is 0 Å². The highest BCUT2D eigenvalue weighted by Crippen LogP contribution is 2.33. The Labute approximate surface area is 110 Å². The molecule has 104 valence electrons. The van der Waals surface area contributed by atoms with Gasteiger partial charge in [0.05, 0.1) is 6.54 Å². The van der Waals surface area contributed by atoms with Crippen LogP contribution in [0.2, 0.25) is 0 Å². The fourth-order valence-electron chi connectivity index (χ4n) is 3.51. The first-order chi connectivity index (χ1) is 8.58. The Hall–Kier alpha value is -0.610. The van der Waals surface area contributed by atoms with Gasteiger partial charge in [-0.15, -0.1) is 0 Å². The SMILES string of the molecule is CC1CCCC(N2CCN(CC(=O)O)CC2)C1C. The third-order valence-corrected chi connectivity index (χ3v) is 4.90. The van der Waals surface area contributed by atoms with Gasteiger partial charge in [0.25, 0.3) is 0 Å². The number of carbonyl (C=O) groups is 1. The molecule has 1 N–H and O–H groups in total. The van der Waals surface area contributed by atoms with Gasteiger partial charge in [-0.25, -0.2) is 0 Å². The lowest BCUT2D eigenvalue weighted by atomic mass is 9.77. The third-order valence-electron chi connectivity index (χ3n) is 4.90. The standard InChI is InChI=1S/C14H26N2O2/c1-11-4-3-5-13(12(11)2)16-8-6-15(7-9-16)10-14(17)18/h11-13H,3-10H2,1-2H3,(H,17,18). The molecule has 3 unspecified atom stereocenters. The van der Waals surface area contributed by atoms with Crippen LogP contribution in [0.25, 0.3) is 0 Å². The Morgan fingerprint density at radius 2 is 1.83 bits per heavy atom. The van der Waals surface area contributed by atoms with Crippen molar-refractivity contribution in [2.45, 2.75) is 39.2 Å². The largest absolute Gasteiger partial charge is 0.480 e. The molecule has 1 saturated heterocycles. The van der Waals surface area contributed by atoms with Crippen LogP contribution in [0.3, 0.4) is 0 Å². The lowest BCUT2D eigenvalue weighted by Gasteiger charge is -2.45. The first-order valence-corrected chi connectivity index (χ1v) is 7.26. The zero-order chi connectivity index (χ0) is 13.1. The summed E-state index contributed by atoms with van der Waals surface area (Å²) in [6.07, 6.45) is 4.05. The number of rotatable bonds is 3. The molecule has 2 fully saturated rings. The zero-order valence-electron chi connectivity index (χ0n) is 11.6. The minimum absolute atomic E-state index is 0.199. The summed E-state index contributed by atoms with van der Waals surface area (Å²) in [4.78, 5) is 15.3.